The number of carboxylic acids is 1. The summed E-state index contributed by atoms with van der Waals surface area (Å²) >= 11 is 0. The fourth-order valence-electron chi connectivity index (χ4n) is 3.16. The second kappa shape index (κ2) is 5.99. The van der Waals surface area contributed by atoms with Crippen LogP contribution in [0.25, 0.3) is 0 Å². The van der Waals surface area contributed by atoms with Crippen LogP contribution in [-0.2, 0) is 22.5 Å². The summed E-state index contributed by atoms with van der Waals surface area (Å²) in [4.78, 5) is 21.3. The number of hydrogen-bond donors (Lipinski definition) is 1. The first-order chi connectivity index (χ1) is 11.7. The van der Waals surface area contributed by atoms with Crippen LogP contribution in [0.1, 0.15) is 36.0 Å². The van der Waals surface area contributed by atoms with Crippen molar-refractivity contribution < 1.29 is 19.5 Å². The van der Waals surface area contributed by atoms with Gasteiger partial charge in [0, 0.05) is 24.4 Å². The molecule has 124 valence electrons. The highest BCUT2D eigenvalue weighted by molar-refractivity contribution is 6.02. The number of aryl methyl sites for hydroxylation is 1. The second-order valence-electron chi connectivity index (χ2n) is 5.86. The molecule has 24 heavy (non-hydrogen) atoms. The van der Waals surface area contributed by atoms with Crippen LogP contribution in [-0.4, -0.2) is 32.9 Å². The third-order valence-electron chi connectivity index (χ3n) is 4.32. The van der Waals surface area contributed by atoms with Crippen LogP contribution in [0.4, 0.5) is 0 Å². The van der Waals surface area contributed by atoms with Crippen LogP contribution in [0.2, 0.25) is 0 Å². The van der Waals surface area contributed by atoms with Crippen molar-refractivity contribution >= 4 is 11.7 Å². The van der Waals surface area contributed by atoms with E-state index in [1.807, 2.05) is 18.2 Å². The molecule has 7 nitrogen and oxygen atoms in total. The zero-order chi connectivity index (χ0) is 16.5. The van der Waals surface area contributed by atoms with E-state index >= 15 is 0 Å². The number of carboxylic acid groups (broad SMARTS) is 1. The van der Waals surface area contributed by atoms with Crippen molar-refractivity contribution in [3.8, 4) is 5.75 Å². The first-order valence-corrected chi connectivity index (χ1v) is 7.95. The normalized spacial score (nSPS) is 21.8. The quantitative estimate of drug-likeness (QED) is 0.867. The standard InChI is InChI=1S/C17H17N3O4/c21-17(22)16-20-8-7-18-15(20)6-9-23-12-4-5-13-11(10-12)2-1-3-14(13)19-24-16/h4-5,7-8,10,16H,1-3,6,9H2,(H,21,22)/b19-14-. The van der Waals surface area contributed by atoms with E-state index in [1.165, 1.54) is 4.57 Å². The summed E-state index contributed by atoms with van der Waals surface area (Å²) in [5.41, 5.74) is 2.93. The number of hydrogen-bond acceptors (Lipinski definition) is 5. The van der Waals surface area contributed by atoms with Crippen molar-refractivity contribution in [1.82, 2.24) is 9.55 Å². The maximum Gasteiger partial charge on any atom is 0.369 e. The van der Waals surface area contributed by atoms with Crippen LogP contribution < -0.4 is 4.74 Å². The number of ether oxygens (including phenoxy) is 1. The summed E-state index contributed by atoms with van der Waals surface area (Å²) in [6.45, 7) is 0.413. The zero-order valence-electron chi connectivity index (χ0n) is 13.0. The van der Waals surface area contributed by atoms with Crippen molar-refractivity contribution in [2.24, 2.45) is 5.16 Å². The van der Waals surface area contributed by atoms with Crippen molar-refractivity contribution in [1.29, 1.82) is 0 Å². The molecule has 1 aliphatic carbocycles. The van der Waals surface area contributed by atoms with E-state index < -0.39 is 12.2 Å². The Morgan fingerprint density at radius 3 is 3.08 bits per heavy atom. The Labute approximate surface area is 138 Å². The minimum atomic E-state index is -1.24. The molecule has 2 aliphatic heterocycles. The molecule has 0 spiro atoms. The molecule has 0 saturated carbocycles. The number of imidazole rings is 1. The number of rotatable bonds is 1. The Morgan fingerprint density at radius 2 is 2.21 bits per heavy atom. The third kappa shape index (κ3) is 2.62. The predicted octanol–water partition coefficient (Wildman–Crippen LogP) is 2.16. The highest BCUT2D eigenvalue weighted by atomic mass is 16.7. The lowest BCUT2D eigenvalue weighted by molar-refractivity contribution is -0.157. The summed E-state index contributed by atoms with van der Waals surface area (Å²) in [7, 11) is 0. The smallest absolute Gasteiger partial charge is 0.369 e. The summed E-state index contributed by atoms with van der Waals surface area (Å²) in [6.07, 6.45) is 5.05. The van der Waals surface area contributed by atoms with E-state index in [0.29, 0.717) is 18.9 Å². The molecule has 7 heteroatoms. The number of carbonyl (C=O) groups is 1. The van der Waals surface area contributed by atoms with Crippen molar-refractivity contribution in [2.75, 3.05) is 6.61 Å². The van der Waals surface area contributed by atoms with Gasteiger partial charge in [-0.25, -0.2) is 9.78 Å². The molecule has 3 heterocycles. The van der Waals surface area contributed by atoms with Gasteiger partial charge in [-0.1, -0.05) is 5.16 Å². The molecule has 5 rings (SSSR count). The minimum absolute atomic E-state index is 0.413. The number of aromatic nitrogens is 2. The maximum absolute atomic E-state index is 11.6. The molecule has 4 bridgehead atoms. The monoisotopic (exact) mass is 327 g/mol. The summed E-state index contributed by atoms with van der Waals surface area (Å²) < 4.78 is 7.30. The Morgan fingerprint density at radius 1 is 1.29 bits per heavy atom. The second-order valence-corrected chi connectivity index (χ2v) is 5.86. The van der Waals surface area contributed by atoms with E-state index in [1.54, 1.807) is 12.4 Å². The Kier molecular flexibility index (Phi) is 3.68. The molecule has 2 aromatic rings. The summed E-state index contributed by atoms with van der Waals surface area (Å²) in [5, 5.41) is 13.7. The van der Waals surface area contributed by atoms with E-state index in [9.17, 15) is 9.90 Å². The molecule has 1 unspecified atom stereocenters. The van der Waals surface area contributed by atoms with Gasteiger partial charge >= 0.3 is 12.2 Å². The van der Waals surface area contributed by atoms with E-state index in [2.05, 4.69) is 10.1 Å². The lowest BCUT2D eigenvalue weighted by Crippen LogP contribution is -2.23. The van der Waals surface area contributed by atoms with Gasteiger partial charge in [-0.3, -0.25) is 4.57 Å². The van der Waals surface area contributed by atoms with Gasteiger partial charge in [0.2, 0.25) is 0 Å². The van der Waals surface area contributed by atoms with Gasteiger partial charge in [-0.15, -0.1) is 0 Å². The van der Waals surface area contributed by atoms with Gasteiger partial charge in [-0.05, 0) is 43.0 Å². The molecule has 0 saturated heterocycles. The summed E-state index contributed by atoms with van der Waals surface area (Å²) in [5.74, 6) is 0.285. The van der Waals surface area contributed by atoms with Crippen LogP contribution in [0.15, 0.2) is 35.7 Å². The number of nitrogens with zero attached hydrogens (tertiary/aromatic N) is 3. The SMILES string of the molecule is O=C(O)C1O/N=C2/CCCc3cc(ccc32)OCCc2nccn21. The lowest BCUT2D eigenvalue weighted by atomic mass is 9.90. The fourth-order valence-corrected chi connectivity index (χ4v) is 3.16. The maximum atomic E-state index is 11.6. The van der Waals surface area contributed by atoms with Gasteiger partial charge < -0.3 is 14.7 Å². The topological polar surface area (TPSA) is 85.9 Å². The number of aliphatic carboxylic acids is 1. The Hall–Kier alpha value is -2.83. The van der Waals surface area contributed by atoms with Gasteiger partial charge in [0.25, 0.3) is 0 Å². The van der Waals surface area contributed by atoms with Crippen LogP contribution in [0, 0.1) is 0 Å². The van der Waals surface area contributed by atoms with Gasteiger partial charge in [-0.2, -0.15) is 0 Å². The summed E-state index contributed by atoms with van der Waals surface area (Å²) in [6, 6.07) is 5.92. The molecule has 0 amide bonds. The van der Waals surface area contributed by atoms with Gasteiger partial charge in [0.05, 0.1) is 12.3 Å². The highest BCUT2D eigenvalue weighted by Gasteiger charge is 2.26. The van der Waals surface area contributed by atoms with Gasteiger partial charge in [0.1, 0.15) is 11.6 Å². The lowest BCUT2D eigenvalue weighted by Gasteiger charge is -2.19. The van der Waals surface area contributed by atoms with Gasteiger partial charge in [0.15, 0.2) is 0 Å². The molecule has 3 aliphatic rings. The molecule has 0 radical (unpaired) electrons. The van der Waals surface area contributed by atoms with Crippen LogP contribution in [0.5, 0.6) is 5.75 Å². The van der Waals surface area contributed by atoms with E-state index in [4.69, 9.17) is 9.57 Å². The largest absolute Gasteiger partial charge is 0.493 e. The average Bonchev–Trinajstić information content (AvgIpc) is 3.02. The Bertz CT molecular complexity index is 812. The first-order valence-electron chi connectivity index (χ1n) is 7.95. The Balaban J connectivity index is 1.79. The van der Waals surface area contributed by atoms with E-state index in [0.717, 1.165) is 41.9 Å². The van der Waals surface area contributed by atoms with Crippen molar-refractivity contribution in [2.45, 2.75) is 31.9 Å². The molecule has 1 N–H and O–H groups in total. The fraction of sp³-hybridized carbons (Fsp3) is 0.353. The third-order valence-corrected chi connectivity index (χ3v) is 4.32. The predicted molar refractivity (Wildman–Crippen MR) is 85.1 cm³/mol. The molecule has 1 aromatic carbocycles. The van der Waals surface area contributed by atoms with E-state index in [-0.39, 0.29) is 0 Å². The molecule has 1 atom stereocenters. The first kappa shape index (κ1) is 14.7. The zero-order valence-corrected chi connectivity index (χ0v) is 13.0. The number of fused-ring (bicyclic) bond motifs is 5. The number of benzene rings is 1. The molecule has 0 fully saturated rings. The van der Waals surface area contributed by atoms with Crippen molar-refractivity contribution in [3.05, 3.63) is 47.5 Å². The molecular formula is C17H17N3O4. The van der Waals surface area contributed by atoms with Crippen LogP contribution >= 0.6 is 0 Å². The molecular weight excluding hydrogens is 310 g/mol. The highest BCUT2D eigenvalue weighted by Crippen LogP contribution is 2.27. The molecule has 1 aromatic heterocycles. The average molecular weight is 327 g/mol. The minimum Gasteiger partial charge on any atom is -0.493 e. The van der Waals surface area contributed by atoms with Crippen molar-refractivity contribution in [3.63, 3.8) is 0 Å². The van der Waals surface area contributed by atoms with Crippen LogP contribution in [0.3, 0.4) is 0 Å². The number of oxime groups is 1.